The summed E-state index contributed by atoms with van der Waals surface area (Å²) in [5.74, 6) is -0.167. The van der Waals surface area contributed by atoms with Crippen LogP contribution in [-0.2, 0) is 20.9 Å². The third-order valence-corrected chi connectivity index (χ3v) is 4.35. The van der Waals surface area contributed by atoms with Gasteiger partial charge in [0.05, 0.1) is 18.1 Å². The van der Waals surface area contributed by atoms with Gasteiger partial charge in [-0.3, -0.25) is 4.79 Å². The van der Waals surface area contributed by atoms with Crippen LogP contribution in [0.2, 0.25) is 0 Å². The van der Waals surface area contributed by atoms with Crippen molar-refractivity contribution in [3.8, 4) is 0 Å². The van der Waals surface area contributed by atoms with Gasteiger partial charge < -0.3 is 9.47 Å². The quantitative estimate of drug-likeness (QED) is 0.774. The Morgan fingerprint density at radius 1 is 1.65 bits per heavy atom. The van der Waals surface area contributed by atoms with Gasteiger partial charge in [0.1, 0.15) is 11.6 Å². The van der Waals surface area contributed by atoms with E-state index in [0.717, 1.165) is 30.0 Å². The second-order valence-electron chi connectivity index (χ2n) is 4.71. The monoisotopic (exact) mass is 253 g/mol. The van der Waals surface area contributed by atoms with E-state index in [2.05, 4.69) is 4.98 Å². The molecular formula is C12H15NO3S. The molecule has 3 rings (SSSR count). The van der Waals surface area contributed by atoms with Crippen molar-refractivity contribution in [2.45, 2.75) is 45.0 Å². The highest BCUT2D eigenvalue weighted by molar-refractivity contribution is 7.09. The van der Waals surface area contributed by atoms with Gasteiger partial charge in [-0.05, 0) is 26.2 Å². The van der Waals surface area contributed by atoms with E-state index in [1.54, 1.807) is 0 Å². The van der Waals surface area contributed by atoms with E-state index >= 15 is 0 Å². The topological polar surface area (TPSA) is 48.4 Å². The highest BCUT2D eigenvalue weighted by atomic mass is 32.1. The summed E-state index contributed by atoms with van der Waals surface area (Å²) in [5, 5.41) is 2.82. The van der Waals surface area contributed by atoms with Gasteiger partial charge in [0.2, 0.25) is 0 Å². The van der Waals surface area contributed by atoms with E-state index in [1.165, 1.54) is 11.3 Å². The van der Waals surface area contributed by atoms with Crippen LogP contribution in [0, 0.1) is 12.8 Å². The maximum atomic E-state index is 11.9. The van der Waals surface area contributed by atoms with Crippen molar-refractivity contribution in [2.24, 2.45) is 5.92 Å². The molecule has 0 radical (unpaired) electrons. The predicted molar refractivity (Wildman–Crippen MR) is 62.6 cm³/mol. The first-order valence-corrected chi connectivity index (χ1v) is 6.83. The molecule has 0 amide bonds. The third-order valence-electron chi connectivity index (χ3n) is 3.41. The Morgan fingerprint density at radius 3 is 3.12 bits per heavy atom. The molecule has 0 aliphatic carbocycles. The highest BCUT2D eigenvalue weighted by Gasteiger charge is 2.45. The summed E-state index contributed by atoms with van der Waals surface area (Å²) in [7, 11) is 0. The summed E-state index contributed by atoms with van der Waals surface area (Å²) in [6.07, 6.45) is 3.33. The van der Waals surface area contributed by atoms with E-state index in [4.69, 9.17) is 9.47 Å². The van der Waals surface area contributed by atoms with Crippen LogP contribution in [0.5, 0.6) is 0 Å². The van der Waals surface area contributed by atoms with Crippen LogP contribution in [-0.4, -0.2) is 23.2 Å². The molecular weight excluding hydrogens is 238 g/mol. The summed E-state index contributed by atoms with van der Waals surface area (Å²) < 4.78 is 11.0. The fourth-order valence-corrected chi connectivity index (χ4v) is 3.28. The van der Waals surface area contributed by atoms with Gasteiger partial charge in [0.15, 0.2) is 0 Å². The van der Waals surface area contributed by atoms with E-state index in [0.29, 0.717) is 12.7 Å². The average molecular weight is 253 g/mol. The molecule has 0 saturated carbocycles. The van der Waals surface area contributed by atoms with Crippen LogP contribution in [0.25, 0.3) is 0 Å². The first kappa shape index (κ1) is 11.2. The van der Waals surface area contributed by atoms with E-state index < -0.39 is 0 Å². The third kappa shape index (κ3) is 2.21. The molecule has 0 N–H and O–H groups in total. The van der Waals surface area contributed by atoms with E-state index in [-0.39, 0.29) is 18.0 Å². The molecule has 1 aromatic heterocycles. The minimum absolute atomic E-state index is 0.0465. The molecule has 5 heteroatoms. The van der Waals surface area contributed by atoms with E-state index in [9.17, 15) is 4.79 Å². The van der Waals surface area contributed by atoms with Crippen LogP contribution in [0.3, 0.4) is 0 Å². The molecule has 2 bridgehead atoms. The zero-order chi connectivity index (χ0) is 11.8. The number of rotatable bonds is 3. The number of aryl methyl sites for hydroxylation is 1. The molecule has 2 aliphatic heterocycles. The fourth-order valence-electron chi connectivity index (χ4n) is 2.59. The first-order chi connectivity index (χ1) is 8.22. The maximum absolute atomic E-state index is 11.9. The second kappa shape index (κ2) is 4.38. The van der Waals surface area contributed by atoms with Crippen LogP contribution in [0.15, 0.2) is 5.38 Å². The summed E-state index contributed by atoms with van der Waals surface area (Å²) in [6, 6.07) is 0. The molecule has 2 saturated heterocycles. The smallest absolute Gasteiger partial charge is 0.312 e. The zero-order valence-corrected chi connectivity index (χ0v) is 10.5. The minimum Gasteiger partial charge on any atom is -0.458 e. The molecule has 17 heavy (non-hydrogen) atoms. The zero-order valence-electron chi connectivity index (χ0n) is 9.72. The molecule has 0 spiro atoms. The number of nitrogens with zero attached hydrogens (tertiary/aromatic N) is 1. The summed E-state index contributed by atoms with van der Waals surface area (Å²) in [4.78, 5) is 16.2. The van der Waals surface area contributed by atoms with Crippen molar-refractivity contribution in [1.29, 1.82) is 0 Å². The van der Waals surface area contributed by atoms with E-state index in [1.807, 2.05) is 12.3 Å². The largest absolute Gasteiger partial charge is 0.458 e. The summed E-state index contributed by atoms with van der Waals surface area (Å²) in [6.45, 7) is 2.23. The number of carbonyl (C=O) groups excluding carboxylic acids is 1. The standard InChI is InChI=1S/C12H15NO3S/c1-7-6-17-11(13-7)5-15-12(14)9-4-8-2-3-10(9)16-8/h6,8-10H,2-5H2,1H3/t8-,9+,10-/m0/s1. The van der Waals surface area contributed by atoms with Crippen molar-refractivity contribution in [3.63, 3.8) is 0 Å². The lowest BCUT2D eigenvalue weighted by atomic mass is 9.89. The van der Waals surface area contributed by atoms with Gasteiger partial charge in [0.25, 0.3) is 0 Å². The highest BCUT2D eigenvalue weighted by Crippen LogP contribution is 2.39. The predicted octanol–water partition coefficient (Wildman–Crippen LogP) is 2.06. The molecule has 1 aromatic rings. The van der Waals surface area contributed by atoms with Crippen LogP contribution < -0.4 is 0 Å². The van der Waals surface area contributed by atoms with Crippen molar-refractivity contribution in [3.05, 3.63) is 16.1 Å². The normalized spacial score (nSPS) is 30.8. The molecule has 92 valence electrons. The summed E-state index contributed by atoms with van der Waals surface area (Å²) in [5.41, 5.74) is 0.976. The molecule has 0 aromatic carbocycles. The van der Waals surface area contributed by atoms with Crippen LogP contribution in [0.4, 0.5) is 0 Å². The van der Waals surface area contributed by atoms with Gasteiger partial charge in [0, 0.05) is 11.1 Å². The Morgan fingerprint density at radius 2 is 2.53 bits per heavy atom. The SMILES string of the molecule is Cc1csc(COC(=O)[C@@H]2C[C@@H]3CC[C@@H]2O3)n1. The number of aromatic nitrogens is 1. The lowest BCUT2D eigenvalue weighted by molar-refractivity contribution is -0.151. The number of fused-ring (bicyclic) bond motifs is 2. The van der Waals surface area contributed by atoms with Gasteiger partial charge >= 0.3 is 5.97 Å². The molecule has 2 fully saturated rings. The Labute approximate surface area is 104 Å². The van der Waals surface area contributed by atoms with Gasteiger partial charge in [-0.2, -0.15) is 0 Å². The lowest BCUT2D eigenvalue weighted by Gasteiger charge is -2.16. The fraction of sp³-hybridized carbons (Fsp3) is 0.667. The Hall–Kier alpha value is -0.940. The van der Waals surface area contributed by atoms with Crippen molar-refractivity contribution >= 4 is 17.3 Å². The molecule has 3 heterocycles. The Balaban J connectivity index is 1.54. The number of thiazole rings is 1. The molecule has 0 unspecified atom stereocenters. The van der Waals surface area contributed by atoms with Crippen molar-refractivity contribution in [1.82, 2.24) is 4.98 Å². The van der Waals surface area contributed by atoms with Gasteiger partial charge in [-0.1, -0.05) is 0 Å². The maximum Gasteiger partial charge on any atom is 0.312 e. The van der Waals surface area contributed by atoms with Crippen molar-refractivity contribution < 1.29 is 14.3 Å². The summed E-state index contributed by atoms with van der Waals surface area (Å²) >= 11 is 1.53. The van der Waals surface area contributed by atoms with Gasteiger partial charge in [-0.15, -0.1) is 11.3 Å². The minimum atomic E-state index is -0.120. The Bertz CT molecular complexity index is 431. The van der Waals surface area contributed by atoms with Crippen LogP contribution in [0.1, 0.15) is 30.0 Å². The number of hydrogen-bond donors (Lipinski definition) is 0. The van der Waals surface area contributed by atoms with Crippen molar-refractivity contribution in [2.75, 3.05) is 0 Å². The Kier molecular flexibility index (Phi) is 2.88. The lowest BCUT2D eigenvalue weighted by Crippen LogP contribution is -2.27. The molecule has 4 nitrogen and oxygen atoms in total. The van der Waals surface area contributed by atoms with Gasteiger partial charge in [-0.25, -0.2) is 4.98 Å². The molecule has 3 atom stereocenters. The number of esters is 1. The number of ether oxygens (including phenoxy) is 2. The second-order valence-corrected chi connectivity index (χ2v) is 5.65. The number of hydrogen-bond acceptors (Lipinski definition) is 5. The first-order valence-electron chi connectivity index (χ1n) is 5.95. The number of carbonyl (C=O) groups is 1. The molecule has 2 aliphatic rings. The van der Waals surface area contributed by atoms with Crippen LogP contribution >= 0.6 is 11.3 Å². The average Bonchev–Trinajstić information content (AvgIpc) is 3.01.